The first-order chi connectivity index (χ1) is 11.4. The molecule has 0 spiro atoms. The second kappa shape index (κ2) is 6.70. The van der Waals surface area contributed by atoms with Crippen LogP contribution in [0, 0.1) is 13.8 Å². The normalized spacial score (nSPS) is 14.1. The molecule has 0 unspecified atom stereocenters. The van der Waals surface area contributed by atoms with Gasteiger partial charge in [-0.3, -0.25) is 14.9 Å². The molecule has 2 N–H and O–H groups in total. The van der Waals surface area contributed by atoms with Crippen molar-refractivity contribution in [1.82, 2.24) is 9.88 Å². The number of aryl methyl sites for hydroxylation is 2. The molecular formula is C17H20N4O2S. The minimum Gasteiger partial charge on any atom is -0.318 e. The zero-order valence-corrected chi connectivity index (χ0v) is 14.8. The molecule has 3 rings (SSSR count). The molecule has 0 atom stereocenters. The Labute approximate surface area is 144 Å². The van der Waals surface area contributed by atoms with Crippen LogP contribution in [0.4, 0.5) is 10.8 Å². The highest BCUT2D eigenvalue weighted by molar-refractivity contribution is 7.16. The van der Waals surface area contributed by atoms with Gasteiger partial charge in [0, 0.05) is 30.1 Å². The van der Waals surface area contributed by atoms with Crippen molar-refractivity contribution in [3.05, 3.63) is 39.9 Å². The fourth-order valence-corrected chi connectivity index (χ4v) is 3.75. The van der Waals surface area contributed by atoms with Crippen molar-refractivity contribution in [3.8, 4) is 0 Å². The van der Waals surface area contributed by atoms with E-state index < -0.39 is 11.8 Å². The Hall–Kier alpha value is -2.25. The number of carbonyl (C=O) groups is 2. The Balaban J connectivity index is 1.65. The fourth-order valence-electron chi connectivity index (χ4n) is 2.66. The Morgan fingerprint density at radius 3 is 2.71 bits per heavy atom. The van der Waals surface area contributed by atoms with Crippen molar-refractivity contribution in [3.63, 3.8) is 0 Å². The lowest BCUT2D eigenvalue weighted by molar-refractivity contribution is -0.133. The third-order valence-electron chi connectivity index (χ3n) is 3.98. The summed E-state index contributed by atoms with van der Waals surface area (Å²) < 4.78 is 0. The van der Waals surface area contributed by atoms with Gasteiger partial charge >= 0.3 is 11.8 Å². The first kappa shape index (κ1) is 16.6. The van der Waals surface area contributed by atoms with Crippen LogP contribution in [0.5, 0.6) is 0 Å². The van der Waals surface area contributed by atoms with Crippen molar-refractivity contribution >= 4 is 34.0 Å². The standard InChI is InChI=1S/C17H20N4O2S/c1-10-4-5-12(11(2)8-10)18-15(22)16(23)20-17-19-13-6-7-21(3)9-14(13)24-17/h4-5,8H,6-7,9H2,1-3H3,(H,18,22)(H,19,20,23). The smallest absolute Gasteiger partial charge is 0.315 e. The molecule has 2 aromatic rings. The van der Waals surface area contributed by atoms with Gasteiger partial charge < -0.3 is 10.2 Å². The number of rotatable bonds is 2. The van der Waals surface area contributed by atoms with E-state index in [0.29, 0.717) is 10.8 Å². The molecular weight excluding hydrogens is 324 g/mol. The molecule has 7 heteroatoms. The lowest BCUT2D eigenvalue weighted by Gasteiger charge is -2.20. The summed E-state index contributed by atoms with van der Waals surface area (Å²) in [6.45, 7) is 5.66. The molecule has 1 aromatic carbocycles. The van der Waals surface area contributed by atoms with E-state index in [1.165, 1.54) is 11.3 Å². The summed E-state index contributed by atoms with van der Waals surface area (Å²) in [5, 5.41) is 5.73. The third-order valence-corrected chi connectivity index (χ3v) is 4.98. The Bertz CT molecular complexity index is 800. The summed E-state index contributed by atoms with van der Waals surface area (Å²) in [6, 6.07) is 5.65. The van der Waals surface area contributed by atoms with Gasteiger partial charge in [-0.1, -0.05) is 17.7 Å². The van der Waals surface area contributed by atoms with Gasteiger partial charge in [0.15, 0.2) is 5.13 Å². The van der Waals surface area contributed by atoms with E-state index in [4.69, 9.17) is 0 Å². The molecule has 24 heavy (non-hydrogen) atoms. The van der Waals surface area contributed by atoms with Gasteiger partial charge in [-0.15, -0.1) is 11.3 Å². The number of hydrogen-bond acceptors (Lipinski definition) is 5. The maximum absolute atomic E-state index is 12.1. The molecule has 0 saturated heterocycles. The number of nitrogens with zero attached hydrogens (tertiary/aromatic N) is 2. The van der Waals surface area contributed by atoms with Gasteiger partial charge in [-0.2, -0.15) is 0 Å². The van der Waals surface area contributed by atoms with Crippen LogP contribution in [0.2, 0.25) is 0 Å². The monoisotopic (exact) mass is 344 g/mol. The molecule has 6 nitrogen and oxygen atoms in total. The van der Waals surface area contributed by atoms with E-state index >= 15 is 0 Å². The van der Waals surface area contributed by atoms with Crippen molar-refractivity contribution in [2.24, 2.45) is 0 Å². The van der Waals surface area contributed by atoms with Crippen molar-refractivity contribution in [2.45, 2.75) is 26.8 Å². The predicted molar refractivity (Wildman–Crippen MR) is 95.3 cm³/mol. The summed E-state index contributed by atoms with van der Waals surface area (Å²) in [5.41, 5.74) is 3.68. The van der Waals surface area contributed by atoms with Crippen LogP contribution in [-0.2, 0) is 22.6 Å². The fraction of sp³-hybridized carbons (Fsp3) is 0.353. The predicted octanol–water partition coefficient (Wildman–Crippen LogP) is 2.33. The zero-order valence-electron chi connectivity index (χ0n) is 14.0. The topological polar surface area (TPSA) is 74.3 Å². The SMILES string of the molecule is Cc1ccc(NC(=O)C(=O)Nc2nc3c(s2)CN(C)CC3)c(C)c1. The molecule has 0 bridgehead atoms. The van der Waals surface area contributed by atoms with Crippen LogP contribution < -0.4 is 10.6 Å². The summed E-state index contributed by atoms with van der Waals surface area (Å²) in [4.78, 5) is 32.0. The van der Waals surface area contributed by atoms with Crippen LogP contribution in [0.1, 0.15) is 21.7 Å². The minimum atomic E-state index is -0.700. The van der Waals surface area contributed by atoms with Gasteiger partial charge in [0.1, 0.15) is 0 Å². The van der Waals surface area contributed by atoms with E-state index in [9.17, 15) is 9.59 Å². The van der Waals surface area contributed by atoms with Gasteiger partial charge in [0.25, 0.3) is 0 Å². The van der Waals surface area contributed by atoms with Gasteiger partial charge in [0.2, 0.25) is 0 Å². The van der Waals surface area contributed by atoms with E-state index in [0.717, 1.165) is 41.2 Å². The van der Waals surface area contributed by atoms with Crippen LogP contribution in [0.25, 0.3) is 0 Å². The number of nitrogens with one attached hydrogen (secondary N) is 2. The third kappa shape index (κ3) is 3.63. The number of thiazole rings is 1. The number of aromatic nitrogens is 1. The summed E-state index contributed by atoms with van der Waals surface area (Å²) >= 11 is 1.43. The largest absolute Gasteiger partial charge is 0.318 e. The lowest BCUT2D eigenvalue weighted by atomic mass is 10.1. The average Bonchev–Trinajstić information content (AvgIpc) is 2.91. The van der Waals surface area contributed by atoms with Crippen LogP contribution in [0.15, 0.2) is 18.2 Å². The van der Waals surface area contributed by atoms with E-state index in [-0.39, 0.29) is 0 Å². The number of likely N-dealkylation sites (N-methyl/N-ethyl adjacent to an activating group) is 1. The molecule has 1 aliphatic heterocycles. The molecule has 0 saturated carbocycles. The minimum absolute atomic E-state index is 0.482. The Kier molecular flexibility index (Phi) is 4.64. The van der Waals surface area contributed by atoms with Crippen molar-refractivity contribution < 1.29 is 9.59 Å². The maximum atomic E-state index is 12.1. The molecule has 0 fully saturated rings. The summed E-state index contributed by atoms with van der Waals surface area (Å²) in [6.07, 6.45) is 0.868. The van der Waals surface area contributed by atoms with Gasteiger partial charge in [0.05, 0.1) is 5.69 Å². The highest BCUT2D eigenvalue weighted by atomic mass is 32.1. The Morgan fingerprint density at radius 2 is 1.96 bits per heavy atom. The number of hydrogen-bond donors (Lipinski definition) is 2. The quantitative estimate of drug-likeness (QED) is 0.820. The average molecular weight is 344 g/mol. The van der Waals surface area contributed by atoms with Crippen LogP contribution >= 0.6 is 11.3 Å². The Morgan fingerprint density at radius 1 is 1.21 bits per heavy atom. The van der Waals surface area contributed by atoms with Crippen LogP contribution in [0.3, 0.4) is 0 Å². The zero-order chi connectivity index (χ0) is 17.3. The molecule has 2 amide bonds. The summed E-state index contributed by atoms with van der Waals surface area (Å²) in [7, 11) is 2.05. The second-order valence-corrected chi connectivity index (χ2v) is 7.19. The first-order valence-electron chi connectivity index (χ1n) is 7.79. The molecule has 126 valence electrons. The highest BCUT2D eigenvalue weighted by Gasteiger charge is 2.21. The highest BCUT2D eigenvalue weighted by Crippen LogP contribution is 2.27. The van der Waals surface area contributed by atoms with Crippen molar-refractivity contribution in [1.29, 1.82) is 0 Å². The van der Waals surface area contributed by atoms with Crippen LogP contribution in [-0.4, -0.2) is 35.3 Å². The molecule has 0 aliphatic carbocycles. The van der Waals surface area contributed by atoms with Gasteiger partial charge in [-0.25, -0.2) is 4.98 Å². The van der Waals surface area contributed by atoms with Gasteiger partial charge in [-0.05, 0) is 32.5 Å². The first-order valence-corrected chi connectivity index (χ1v) is 8.61. The molecule has 0 radical (unpaired) electrons. The number of benzene rings is 1. The van der Waals surface area contributed by atoms with E-state index in [2.05, 4.69) is 27.6 Å². The number of anilines is 2. The van der Waals surface area contributed by atoms with Crippen molar-refractivity contribution in [2.75, 3.05) is 24.2 Å². The number of amides is 2. The number of carbonyl (C=O) groups excluding carboxylic acids is 2. The number of fused-ring (bicyclic) bond motifs is 1. The summed E-state index contributed by atoms with van der Waals surface area (Å²) in [5.74, 6) is -1.39. The molecule has 1 aromatic heterocycles. The van der Waals surface area contributed by atoms with E-state index in [1.54, 1.807) is 6.07 Å². The molecule has 2 heterocycles. The lowest BCUT2D eigenvalue weighted by Crippen LogP contribution is -2.29. The maximum Gasteiger partial charge on any atom is 0.315 e. The second-order valence-electron chi connectivity index (χ2n) is 6.10. The van der Waals surface area contributed by atoms with E-state index in [1.807, 2.05) is 26.0 Å². The molecule has 1 aliphatic rings.